The number of likely N-dealkylation sites (tertiary alicyclic amines) is 1. The summed E-state index contributed by atoms with van der Waals surface area (Å²) in [6, 6.07) is 10.7. The molecule has 1 aromatic heterocycles. The maximum atomic E-state index is 5.35. The van der Waals surface area contributed by atoms with Crippen molar-refractivity contribution in [2.75, 3.05) is 27.3 Å². The zero-order chi connectivity index (χ0) is 16.8. The molecule has 2 heterocycles. The van der Waals surface area contributed by atoms with Crippen molar-refractivity contribution in [1.82, 2.24) is 15.2 Å². The van der Waals surface area contributed by atoms with E-state index in [1.807, 2.05) is 24.5 Å². The van der Waals surface area contributed by atoms with Gasteiger partial charge < -0.3 is 14.8 Å². The zero-order valence-electron chi connectivity index (χ0n) is 14.4. The standard InChI is InChI=1S/C19H25N3O2/c1-23-18-8-16(9-19(10-18)24-2)13-22-7-5-17(14-22)21-12-15-4-3-6-20-11-15/h3-4,6,8-11,17,21H,5,7,12-14H2,1-2H3/t17-/m0/s1. The van der Waals surface area contributed by atoms with E-state index < -0.39 is 0 Å². The molecule has 0 aliphatic carbocycles. The fourth-order valence-electron chi connectivity index (χ4n) is 3.12. The lowest BCUT2D eigenvalue weighted by Gasteiger charge is -2.18. The van der Waals surface area contributed by atoms with Crippen molar-refractivity contribution in [2.24, 2.45) is 0 Å². The van der Waals surface area contributed by atoms with Gasteiger partial charge in [0.1, 0.15) is 11.5 Å². The third-order valence-electron chi connectivity index (χ3n) is 4.41. The fourth-order valence-corrected chi connectivity index (χ4v) is 3.12. The minimum atomic E-state index is 0.526. The van der Waals surface area contributed by atoms with Crippen LogP contribution in [0, 0.1) is 0 Å². The van der Waals surface area contributed by atoms with Crippen LogP contribution in [0.3, 0.4) is 0 Å². The zero-order valence-corrected chi connectivity index (χ0v) is 14.4. The summed E-state index contributed by atoms with van der Waals surface area (Å²) in [5, 5.41) is 3.63. The summed E-state index contributed by atoms with van der Waals surface area (Å²) in [5.41, 5.74) is 2.45. The summed E-state index contributed by atoms with van der Waals surface area (Å²) in [7, 11) is 3.37. The minimum Gasteiger partial charge on any atom is -0.497 e. The van der Waals surface area contributed by atoms with Gasteiger partial charge in [-0.2, -0.15) is 0 Å². The van der Waals surface area contributed by atoms with Gasteiger partial charge in [0.2, 0.25) is 0 Å². The van der Waals surface area contributed by atoms with E-state index in [-0.39, 0.29) is 0 Å². The number of methoxy groups -OCH3 is 2. The van der Waals surface area contributed by atoms with Crippen LogP contribution in [0.15, 0.2) is 42.7 Å². The van der Waals surface area contributed by atoms with E-state index in [9.17, 15) is 0 Å². The van der Waals surface area contributed by atoms with Gasteiger partial charge in [-0.1, -0.05) is 6.07 Å². The number of rotatable bonds is 7. The second kappa shape index (κ2) is 8.13. The summed E-state index contributed by atoms with van der Waals surface area (Å²) in [4.78, 5) is 6.63. The summed E-state index contributed by atoms with van der Waals surface area (Å²) in [5.74, 6) is 1.68. The molecule has 2 aromatic rings. The van der Waals surface area contributed by atoms with Crippen LogP contribution in [0.5, 0.6) is 11.5 Å². The molecule has 0 amide bonds. The van der Waals surface area contributed by atoms with Crippen LogP contribution in [0.4, 0.5) is 0 Å². The largest absolute Gasteiger partial charge is 0.497 e. The lowest BCUT2D eigenvalue weighted by Crippen LogP contribution is -2.32. The van der Waals surface area contributed by atoms with Crippen molar-refractivity contribution >= 4 is 0 Å². The quantitative estimate of drug-likeness (QED) is 0.846. The Kier molecular flexibility index (Phi) is 5.67. The number of hydrogen-bond acceptors (Lipinski definition) is 5. The molecule has 5 nitrogen and oxygen atoms in total. The highest BCUT2D eigenvalue weighted by Crippen LogP contribution is 2.24. The van der Waals surface area contributed by atoms with E-state index in [0.29, 0.717) is 6.04 Å². The molecule has 0 spiro atoms. The van der Waals surface area contributed by atoms with Gasteiger partial charge in [-0.05, 0) is 35.7 Å². The number of pyridine rings is 1. The first-order chi connectivity index (χ1) is 11.8. The van der Waals surface area contributed by atoms with E-state index in [4.69, 9.17) is 9.47 Å². The van der Waals surface area contributed by atoms with E-state index in [1.165, 1.54) is 17.5 Å². The number of aromatic nitrogens is 1. The Morgan fingerprint density at radius 2 is 1.96 bits per heavy atom. The minimum absolute atomic E-state index is 0.526. The first-order valence-corrected chi connectivity index (χ1v) is 8.33. The van der Waals surface area contributed by atoms with Gasteiger partial charge in [-0.15, -0.1) is 0 Å². The second-order valence-corrected chi connectivity index (χ2v) is 6.18. The Morgan fingerprint density at radius 1 is 1.17 bits per heavy atom. The van der Waals surface area contributed by atoms with E-state index >= 15 is 0 Å². The third kappa shape index (κ3) is 4.46. The van der Waals surface area contributed by atoms with E-state index in [1.54, 1.807) is 14.2 Å². The molecule has 0 saturated carbocycles. The molecule has 1 fully saturated rings. The predicted octanol–water partition coefficient (Wildman–Crippen LogP) is 2.46. The summed E-state index contributed by atoms with van der Waals surface area (Å²) < 4.78 is 10.7. The van der Waals surface area contributed by atoms with Gasteiger partial charge in [0.05, 0.1) is 14.2 Å². The number of benzene rings is 1. The molecular weight excluding hydrogens is 302 g/mol. The molecule has 0 unspecified atom stereocenters. The Morgan fingerprint density at radius 3 is 2.62 bits per heavy atom. The van der Waals surface area contributed by atoms with Crippen LogP contribution in [0.25, 0.3) is 0 Å². The second-order valence-electron chi connectivity index (χ2n) is 6.18. The number of hydrogen-bond donors (Lipinski definition) is 1. The van der Waals surface area contributed by atoms with Crippen molar-refractivity contribution in [2.45, 2.75) is 25.6 Å². The van der Waals surface area contributed by atoms with Gasteiger partial charge in [0, 0.05) is 50.7 Å². The molecule has 1 N–H and O–H groups in total. The predicted molar refractivity (Wildman–Crippen MR) is 94.3 cm³/mol. The van der Waals surface area contributed by atoms with Crippen LogP contribution in [-0.4, -0.2) is 43.2 Å². The Hall–Kier alpha value is -2.11. The van der Waals surface area contributed by atoms with E-state index in [2.05, 4.69) is 33.4 Å². The van der Waals surface area contributed by atoms with Gasteiger partial charge in [-0.25, -0.2) is 0 Å². The van der Waals surface area contributed by atoms with Gasteiger partial charge in [0.15, 0.2) is 0 Å². The third-order valence-corrected chi connectivity index (χ3v) is 4.41. The molecule has 3 rings (SSSR count). The average Bonchev–Trinajstić information content (AvgIpc) is 3.07. The average molecular weight is 327 g/mol. The maximum Gasteiger partial charge on any atom is 0.122 e. The highest BCUT2D eigenvalue weighted by Gasteiger charge is 2.22. The first-order valence-electron chi connectivity index (χ1n) is 8.33. The Bertz CT molecular complexity index is 626. The van der Waals surface area contributed by atoms with Crippen LogP contribution in [0.2, 0.25) is 0 Å². The van der Waals surface area contributed by atoms with Crippen LogP contribution < -0.4 is 14.8 Å². The van der Waals surface area contributed by atoms with Gasteiger partial charge in [-0.3, -0.25) is 9.88 Å². The van der Waals surface area contributed by atoms with E-state index in [0.717, 1.165) is 37.7 Å². The molecule has 1 aliphatic heterocycles. The maximum absolute atomic E-state index is 5.35. The van der Waals surface area contributed by atoms with Crippen molar-refractivity contribution in [3.05, 3.63) is 53.9 Å². The van der Waals surface area contributed by atoms with Gasteiger partial charge in [0.25, 0.3) is 0 Å². The molecule has 1 atom stereocenters. The number of ether oxygens (including phenoxy) is 2. The Labute approximate surface area is 143 Å². The van der Waals surface area contributed by atoms with Crippen molar-refractivity contribution in [3.63, 3.8) is 0 Å². The smallest absolute Gasteiger partial charge is 0.122 e. The summed E-state index contributed by atoms with van der Waals surface area (Å²) >= 11 is 0. The van der Waals surface area contributed by atoms with Crippen LogP contribution >= 0.6 is 0 Å². The Balaban J connectivity index is 1.52. The topological polar surface area (TPSA) is 46.6 Å². The lowest BCUT2D eigenvalue weighted by atomic mass is 10.2. The number of nitrogens with zero attached hydrogens (tertiary/aromatic N) is 2. The lowest BCUT2D eigenvalue weighted by molar-refractivity contribution is 0.317. The highest BCUT2D eigenvalue weighted by atomic mass is 16.5. The molecule has 1 saturated heterocycles. The van der Waals surface area contributed by atoms with Gasteiger partial charge >= 0.3 is 0 Å². The van der Waals surface area contributed by atoms with Crippen molar-refractivity contribution in [3.8, 4) is 11.5 Å². The SMILES string of the molecule is COc1cc(CN2CC[C@H](NCc3cccnc3)C2)cc(OC)c1. The van der Waals surface area contributed by atoms with Crippen LogP contribution in [-0.2, 0) is 13.1 Å². The van der Waals surface area contributed by atoms with Crippen molar-refractivity contribution < 1.29 is 9.47 Å². The molecule has 128 valence electrons. The van der Waals surface area contributed by atoms with Crippen LogP contribution in [0.1, 0.15) is 17.5 Å². The van der Waals surface area contributed by atoms with Crippen molar-refractivity contribution in [1.29, 1.82) is 0 Å². The number of nitrogens with one attached hydrogen (secondary N) is 1. The monoisotopic (exact) mass is 327 g/mol. The normalized spacial score (nSPS) is 17.8. The summed E-state index contributed by atoms with van der Waals surface area (Å²) in [6.45, 7) is 3.95. The first kappa shape index (κ1) is 16.7. The molecule has 0 radical (unpaired) electrons. The molecule has 1 aromatic carbocycles. The highest BCUT2D eigenvalue weighted by molar-refractivity contribution is 5.38. The molecular formula is C19H25N3O2. The molecule has 0 bridgehead atoms. The fraction of sp³-hybridized carbons (Fsp3) is 0.421. The summed E-state index contributed by atoms with van der Waals surface area (Å²) in [6.07, 6.45) is 4.90. The molecule has 1 aliphatic rings. The molecule has 5 heteroatoms. The molecule has 24 heavy (non-hydrogen) atoms.